The Morgan fingerprint density at radius 3 is 2.50 bits per heavy atom. The standard InChI is InChI=1S/C24H19Cl2NO5/c1-12-6-13(2)24-16(7-12)23(29)15-5-4-14(8-19(15)32-24)27-22(28)11-31-21-10-20(30-3)17(25)9-18(21)26/h4-10H,11H2,1-3H3,(H,27,28). The topological polar surface area (TPSA) is 77.8 Å². The highest BCUT2D eigenvalue weighted by atomic mass is 35.5. The van der Waals surface area contributed by atoms with Crippen LogP contribution in [0.5, 0.6) is 11.5 Å². The average molecular weight is 472 g/mol. The number of amides is 1. The highest BCUT2D eigenvalue weighted by Crippen LogP contribution is 2.35. The van der Waals surface area contributed by atoms with E-state index in [0.717, 1.165) is 11.1 Å². The van der Waals surface area contributed by atoms with Gasteiger partial charge in [0.25, 0.3) is 5.91 Å². The SMILES string of the molecule is COc1cc(OCC(=O)Nc2ccc3c(=O)c4cc(C)cc(C)c4oc3c2)c(Cl)cc1Cl. The largest absolute Gasteiger partial charge is 0.495 e. The summed E-state index contributed by atoms with van der Waals surface area (Å²) in [7, 11) is 1.47. The molecule has 0 saturated carbocycles. The number of methoxy groups -OCH3 is 1. The van der Waals surface area contributed by atoms with Gasteiger partial charge in [-0.15, -0.1) is 0 Å². The minimum atomic E-state index is -0.413. The number of carbonyl (C=O) groups is 1. The van der Waals surface area contributed by atoms with Crippen molar-refractivity contribution in [2.75, 3.05) is 19.0 Å². The zero-order chi connectivity index (χ0) is 23.0. The summed E-state index contributed by atoms with van der Waals surface area (Å²) >= 11 is 12.1. The summed E-state index contributed by atoms with van der Waals surface area (Å²) in [5.74, 6) is 0.239. The summed E-state index contributed by atoms with van der Waals surface area (Å²) in [5.41, 5.74) is 3.14. The monoisotopic (exact) mass is 471 g/mol. The number of anilines is 1. The number of ether oxygens (including phenoxy) is 2. The normalized spacial score (nSPS) is 11.0. The summed E-state index contributed by atoms with van der Waals surface area (Å²) in [6.45, 7) is 3.54. The molecule has 0 saturated heterocycles. The van der Waals surface area contributed by atoms with Gasteiger partial charge in [0.15, 0.2) is 6.61 Å². The highest BCUT2D eigenvalue weighted by molar-refractivity contribution is 6.36. The van der Waals surface area contributed by atoms with Gasteiger partial charge in [-0.05, 0) is 49.2 Å². The van der Waals surface area contributed by atoms with Crippen LogP contribution >= 0.6 is 23.2 Å². The van der Waals surface area contributed by atoms with Crippen LogP contribution in [-0.4, -0.2) is 19.6 Å². The molecule has 4 rings (SSSR count). The molecule has 0 fully saturated rings. The predicted molar refractivity (Wildman–Crippen MR) is 127 cm³/mol. The molecule has 1 N–H and O–H groups in total. The Kier molecular flexibility index (Phi) is 6.00. The summed E-state index contributed by atoms with van der Waals surface area (Å²) in [6.07, 6.45) is 0. The molecule has 164 valence electrons. The van der Waals surface area contributed by atoms with Gasteiger partial charge in [-0.3, -0.25) is 9.59 Å². The molecule has 32 heavy (non-hydrogen) atoms. The average Bonchev–Trinajstić information content (AvgIpc) is 2.74. The van der Waals surface area contributed by atoms with E-state index in [-0.39, 0.29) is 22.8 Å². The van der Waals surface area contributed by atoms with Gasteiger partial charge < -0.3 is 19.2 Å². The Labute approximate surface area is 193 Å². The Hall–Kier alpha value is -3.22. The van der Waals surface area contributed by atoms with E-state index in [1.807, 2.05) is 26.0 Å². The Morgan fingerprint density at radius 2 is 1.75 bits per heavy atom. The molecule has 0 spiro atoms. The molecule has 1 aromatic heterocycles. The van der Waals surface area contributed by atoms with Gasteiger partial charge in [0.2, 0.25) is 5.43 Å². The molecule has 3 aromatic carbocycles. The van der Waals surface area contributed by atoms with Crippen molar-refractivity contribution in [2.24, 2.45) is 0 Å². The quantitative estimate of drug-likeness (QED) is 0.366. The van der Waals surface area contributed by atoms with Gasteiger partial charge in [0, 0.05) is 17.8 Å². The Bertz CT molecular complexity index is 1430. The summed E-state index contributed by atoms with van der Waals surface area (Å²) in [6, 6.07) is 11.7. The number of hydrogen-bond donors (Lipinski definition) is 1. The van der Waals surface area contributed by atoms with Gasteiger partial charge in [-0.1, -0.05) is 29.3 Å². The lowest BCUT2D eigenvalue weighted by molar-refractivity contribution is -0.118. The molecule has 1 amide bonds. The van der Waals surface area contributed by atoms with E-state index < -0.39 is 5.91 Å². The van der Waals surface area contributed by atoms with Gasteiger partial charge in [-0.25, -0.2) is 0 Å². The van der Waals surface area contributed by atoms with Crippen molar-refractivity contribution in [1.29, 1.82) is 0 Å². The van der Waals surface area contributed by atoms with Crippen molar-refractivity contribution >= 4 is 56.7 Å². The molecule has 0 unspecified atom stereocenters. The van der Waals surface area contributed by atoms with Crippen molar-refractivity contribution < 1.29 is 18.7 Å². The highest BCUT2D eigenvalue weighted by Gasteiger charge is 2.13. The first kappa shape index (κ1) is 22.0. The van der Waals surface area contributed by atoms with Crippen molar-refractivity contribution in [1.82, 2.24) is 0 Å². The molecule has 0 radical (unpaired) electrons. The summed E-state index contributed by atoms with van der Waals surface area (Å²) in [5, 5.41) is 4.30. The minimum Gasteiger partial charge on any atom is -0.495 e. The molecule has 0 atom stereocenters. The minimum absolute atomic E-state index is 0.111. The number of fused-ring (bicyclic) bond motifs is 2. The van der Waals surface area contributed by atoms with Crippen LogP contribution in [0.1, 0.15) is 11.1 Å². The van der Waals surface area contributed by atoms with E-state index in [1.165, 1.54) is 19.2 Å². The first-order valence-electron chi connectivity index (χ1n) is 9.70. The predicted octanol–water partition coefficient (Wildman–Crippen LogP) is 5.90. The first-order valence-corrected chi connectivity index (χ1v) is 10.5. The van der Waals surface area contributed by atoms with Crippen molar-refractivity contribution in [3.05, 3.63) is 73.9 Å². The first-order chi connectivity index (χ1) is 15.3. The maximum Gasteiger partial charge on any atom is 0.262 e. The van der Waals surface area contributed by atoms with Crippen LogP contribution in [0, 0.1) is 13.8 Å². The smallest absolute Gasteiger partial charge is 0.262 e. The number of benzene rings is 3. The lowest BCUT2D eigenvalue weighted by atomic mass is 10.1. The number of carbonyl (C=O) groups excluding carboxylic acids is 1. The van der Waals surface area contributed by atoms with E-state index in [9.17, 15) is 9.59 Å². The van der Waals surface area contributed by atoms with Gasteiger partial charge >= 0.3 is 0 Å². The van der Waals surface area contributed by atoms with Crippen molar-refractivity contribution in [3.63, 3.8) is 0 Å². The fourth-order valence-electron chi connectivity index (χ4n) is 3.50. The second-order valence-corrected chi connectivity index (χ2v) is 8.17. The fourth-order valence-corrected chi connectivity index (χ4v) is 4.02. The second-order valence-electron chi connectivity index (χ2n) is 7.35. The van der Waals surface area contributed by atoms with E-state index in [4.69, 9.17) is 37.1 Å². The molecule has 8 heteroatoms. The number of nitrogens with one attached hydrogen (secondary N) is 1. The van der Waals surface area contributed by atoms with Crippen LogP contribution in [0.3, 0.4) is 0 Å². The molecule has 0 aliphatic heterocycles. The maximum atomic E-state index is 12.9. The third-order valence-corrected chi connectivity index (χ3v) is 5.54. The third-order valence-electron chi connectivity index (χ3n) is 4.95. The van der Waals surface area contributed by atoms with Gasteiger partial charge in [0.05, 0.1) is 27.9 Å². The zero-order valence-electron chi connectivity index (χ0n) is 17.5. The van der Waals surface area contributed by atoms with E-state index >= 15 is 0 Å². The second kappa shape index (κ2) is 8.73. The molecule has 1 heterocycles. The van der Waals surface area contributed by atoms with E-state index in [1.54, 1.807) is 18.2 Å². The third kappa shape index (κ3) is 4.24. The van der Waals surface area contributed by atoms with Crippen LogP contribution in [0.4, 0.5) is 5.69 Å². The number of aryl methyl sites for hydroxylation is 2. The fraction of sp³-hybridized carbons (Fsp3) is 0.167. The molecular formula is C24H19Cl2NO5. The maximum absolute atomic E-state index is 12.9. The molecule has 0 bridgehead atoms. The summed E-state index contributed by atoms with van der Waals surface area (Å²) in [4.78, 5) is 25.3. The molecule has 0 aliphatic carbocycles. The Morgan fingerprint density at radius 1 is 1.00 bits per heavy atom. The van der Waals surface area contributed by atoms with Crippen LogP contribution in [0.2, 0.25) is 10.0 Å². The number of hydrogen-bond acceptors (Lipinski definition) is 5. The van der Waals surface area contributed by atoms with Crippen molar-refractivity contribution in [3.8, 4) is 11.5 Å². The molecule has 0 aliphatic rings. The van der Waals surface area contributed by atoms with Crippen LogP contribution < -0.4 is 20.2 Å². The number of halogens is 2. The molecular weight excluding hydrogens is 453 g/mol. The van der Waals surface area contributed by atoms with Gasteiger partial charge in [0.1, 0.15) is 22.7 Å². The summed E-state index contributed by atoms with van der Waals surface area (Å²) < 4.78 is 16.6. The van der Waals surface area contributed by atoms with Gasteiger partial charge in [-0.2, -0.15) is 0 Å². The van der Waals surface area contributed by atoms with Crippen LogP contribution in [0.15, 0.2) is 51.7 Å². The van der Waals surface area contributed by atoms with Crippen LogP contribution in [0.25, 0.3) is 21.9 Å². The van der Waals surface area contributed by atoms with E-state index in [0.29, 0.717) is 38.4 Å². The lowest BCUT2D eigenvalue weighted by Crippen LogP contribution is -2.20. The molecule has 4 aromatic rings. The van der Waals surface area contributed by atoms with Crippen molar-refractivity contribution in [2.45, 2.75) is 13.8 Å². The van der Waals surface area contributed by atoms with E-state index in [2.05, 4.69) is 5.32 Å². The molecule has 6 nitrogen and oxygen atoms in total. The zero-order valence-corrected chi connectivity index (χ0v) is 19.1. The lowest BCUT2D eigenvalue weighted by Gasteiger charge is -2.11. The Balaban J connectivity index is 1.56. The van der Waals surface area contributed by atoms with Crippen LogP contribution in [-0.2, 0) is 4.79 Å². The number of rotatable bonds is 5.